The molecule has 2 aromatic carbocycles. The molecule has 1 radical (unpaired) electrons. The summed E-state index contributed by atoms with van der Waals surface area (Å²) in [6.07, 6.45) is 5.88. The van der Waals surface area contributed by atoms with Crippen molar-refractivity contribution in [2.75, 3.05) is 0 Å². The molecule has 0 aliphatic carbocycles. The molecule has 0 spiro atoms. The van der Waals surface area contributed by atoms with Gasteiger partial charge in [-0.05, 0) is 55.3 Å². The summed E-state index contributed by atoms with van der Waals surface area (Å²) in [6, 6.07) is 18.5. The van der Waals surface area contributed by atoms with Gasteiger partial charge in [-0.2, -0.15) is 0 Å². The van der Waals surface area contributed by atoms with Crippen molar-refractivity contribution in [3.05, 3.63) is 77.1 Å². The normalized spacial score (nSPS) is 12.8. The first-order chi connectivity index (χ1) is 18.4. The zero-order chi connectivity index (χ0) is 29.4. The molecule has 1 N–H and O–H groups in total. The van der Waals surface area contributed by atoms with Crippen molar-refractivity contribution >= 4 is 16.7 Å². The summed E-state index contributed by atoms with van der Waals surface area (Å²) in [7, 11) is 0. The fourth-order valence-electron chi connectivity index (χ4n) is 4.68. The number of carbonyl (C=O) groups is 1. The maximum Gasteiger partial charge on any atom is 0.164 e. The first-order valence-corrected chi connectivity index (χ1v) is 14.7. The molecule has 0 saturated carbocycles. The predicted octanol–water partition coefficient (Wildman–Crippen LogP) is 10.5. The molecule has 1 atom stereocenters. The summed E-state index contributed by atoms with van der Waals surface area (Å²) >= 11 is 0. The minimum Gasteiger partial charge on any atom is -0.512 e. The van der Waals surface area contributed by atoms with Crippen molar-refractivity contribution in [1.29, 1.82) is 0 Å². The molecule has 221 valence electrons. The minimum absolute atomic E-state index is 0. The van der Waals surface area contributed by atoms with E-state index >= 15 is 0 Å². The van der Waals surface area contributed by atoms with Gasteiger partial charge in [-0.25, -0.2) is 0 Å². The van der Waals surface area contributed by atoms with E-state index in [1.807, 2.05) is 41.5 Å². The van der Waals surface area contributed by atoms with Gasteiger partial charge in [-0.1, -0.05) is 93.5 Å². The molecule has 0 fully saturated rings. The third-order valence-electron chi connectivity index (χ3n) is 8.92. The summed E-state index contributed by atoms with van der Waals surface area (Å²) in [5.74, 6) is 0.811. The number of hydrogen-bond donors (Lipinski definition) is 1. The van der Waals surface area contributed by atoms with Crippen molar-refractivity contribution in [3.63, 3.8) is 0 Å². The summed E-state index contributed by atoms with van der Waals surface area (Å²) < 4.78 is 0. The molecule has 4 heteroatoms. The largest absolute Gasteiger partial charge is 0.512 e. The molecule has 0 aliphatic rings. The Hall–Kier alpha value is -2.29. The molecule has 0 amide bonds. The van der Waals surface area contributed by atoms with E-state index in [1.54, 1.807) is 0 Å². The standard InChI is InChI=1S/C21H22N.C15H28O2.Ir/c1-5-16(4)19-13-21(17-11-14(2)10-15(3)12-17)22-20-9-7-6-8-18(19)20;1-7-14(5,8-2)12(16)11-13(17)15(6,9-3)10-4;/h6-11,13,16H,5H2,1-4H3;11,16H,7-10H2,1-6H3;/q-1;;/b;12-11-;. The summed E-state index contributed by atoms with van der Waals surface area (Å²) in [4.78, 5) is 17.1. The van der Waals surface area contributed by atoms with Crippen LogP contribution in [-0.4, -0.2) is 15.9 Å². The second-order valence-corrected chi connectivity index (χ2v) is 11.6. The third-order valence-corrected chi connectivity index (χ3v) is 8.92. The molecule has 0 bridgehead atoms. The monoisotopic (exact) mass is 721 g/mol. The van der Waals surface area contributed by atoms with Crippen LogP contribution in [0, 0.1) is 30.7 Å². The topological polar surface area (TPSA) is 50.2 Å². The number of nitrogens with zero attached hydrogens (tertiary/aromatic N) is 1. The molecule has 1 unspecified atom stereocenters. The van der Waals surface area contributed by atoms with Gasteiger partial charge in [0.2, 0.25) is 0 Å². The van der Waals surface area contributed by atoms with E-state index in [0.717, 1.165) is 54.4 Å². The van der Waals surface area contributed by atoms with Gasteiger partial charge in [0.05, 0.1) is 5.52 Å². The second-order valence-electron chi connectivity index (χ2n) is 11.6. The van der Waals surface area contributed by atoms with Crippen molar-refractivity contribution in [2.45, 2.75) is 107 Å². The number of benzene rings is 2. The summed E-state index contributed by atoms with van der Waals surface area (Å²) in [6.45, 7) is 20.8. The maximum atomic E-state index is 12.2. The van der Waals surface area contributed by atoms with Gasteiger partial charge >= 0.3 is 0 Å². The van der Waals surface area contributed by atoms with E-state index < -0.39 is 0 Å². The van der Waals surface area contributed by atoms with Crippen molar-refractivity contribution < 1.29 is 30.0 Å². The molecule has 1 heterocycles. The Bertz CT molecular complexity index is 1260. The zero-order valence-corrected chi connectivity index (χ0v) is 28.8. The Morgan fingerprint density at radius 1 is 0.950 bits per heavy atom. The van der Waals surface area contributed by atoms with Gasteiger partial charge in [-0.3, -0.25) is 9.78 Å². The van der Waals surface area contributed by atoms with E-state index in [9.17, 15) is 9.90 Å². The van der Waals surface area contributed by atoms with Crippen LogP contribution >= 0.6 is 0 Å². The smallest absolute Gasteiger partial charge is 0.164 e. The van der Waals surface area contributed by atoms with Crippen LogP contribution in [0.15, 0.2) is 54.3 Å². The van der Waals surface area contributed by atoms with Crippen LogP contribution in [0.4, 0.5) is 0 Å². The number of allylic oxidation sites excluding steroid dienone is 2. The number of aryl methyl sites for hydroxylation is 2. The Kier molecular flexibility index (Phi) is 14.0. The van der Waals surface area contributed by atoms with E-state index in [1.165, 1.54) is 22.6 Å². The van der Waals surface area contributed by atoms with Crippen LogP contribution in [0.3, 0.4) is 0 Å². The number of para-hydroxylation sites is 1. The van der Waals surface area contributed by atoms with Crippen molar-refractivity contribution in [2.24, 2.45) is 10.8 Å². The zero-order valence-electron chi connectivity index (χ0n) is 26.4. The number of hydrogen-bond acceptors (Lipinski definition) is 3. The Morgan fingerprint density at radius 3 is 2.05 bits per heavy atom. The van der Waals surface area contributed by atoms with E-state index in [-0.39, 0.29) is 42.5 Å². The molecule has 3 rings (SSSR count). The number of aliphatic hydroxyl groups excluding tert-OH is 1. The van der Waals surface area contributed by atoms with Gasteiger partial charge in [0.15, 0.2) is 5.78 Å². The average Bonchev–Trinajstić information content (AvgIpc) is 2.94. The van der Waals surface area contributed by atoms with Gasteiger partial charge in [0.1, 0.15) is 5.76 Å². The van der Waals surface area contributed by atoms with Gasteiger partial charge < -0.3 is 5.11 Å². The van der Waals surface area contributed by atoms with Crippen molar-refractivity contribution in [3.8, 4) is 11.3 Å². The number of carbonyl (C=O) groups excluding carboxylic acids is 1. The SMILES string of the molecule is CCC(C)(CC)C(=O)/C=C(\O)C(C)(CC)CC.CCC(C)c1cc(-c2[c-]c(C)cc(C)c2)nc2ccccc12.[Ir]. The van der Waals surface area contributed by atoms with E-state index in [2.05, 4.69) is 76.2 Å². The van der Waals surface area contributed by atoms with E-state index in [4.69, 9.17) is 4.98 Å². The Labute approximate surface area is 257 Å². The van der Waals surface area contributed by atoms with Crippen molar-refractivity contribution in [1.82, 2.24) is 4.98 Å². The number of rotatable bonds is 10. The quantitative estimate of drug-likeness (QED) is 0.129. The first kappa shape index (κ1) is 35.7. The number of fused-ring (bicyclic) bond motifs is 1. The molecule has 1 aromatic heterocycles. The average molecular weight is 721 g/mol. The molecule has 40 heavy (non-hydrogen) atoms. The van der Waals surface area contributed by atoms with Crippen LogP contribution in [-0.2, 0) is 24.9 Å². The number of aromatic nitrogens is 1. The number of pyridine rings is 1. The Morgan fingerprint density at radius 2 is 1.52 bits per heavy atom. The first-order valence-electron chi connectivity index (χ1n) is 14.7. The fraction of sp³-hybridized carbons (Fsp3) is 0.500. The third kappa shape index (κ3) is 8.60. The predicted molar refractivity (Wildman–Crippen MR) is 167 cm³/mol. The summed E-state index contributed by atoms with van der Waals surface area (Å²) in [5, 5.41) is 11.4. The Balaban J connectivity index is 0.000000406. The van der Waals surface area contributed by atoms with Gasteiger partial charge in [0.25, 0.3) is 0 Å². The fourth-order valence-corrected chi connectivity index (χ4v) is 4.68. The molecule has 0 aliphatic heterocycles. The van der Waals surface area contributed by atoms with E-state index in [0.29, 0.717) is 5.92 Å². The van der Waals surface area contributed by atoms with Crippen LogP contribution in [0.5, 0.6) is 0 Å². The van der Waals surface area contributed by atoms with Crippen LogP contribution in [0.25, 0.3) is 22.2 Å². The summed E-state index contributed by atoms with van der Waals surface area (Å²) in [5.41, 5.74) is 6.39. The molecule has 0 saturated heterocycles. The molecular weight excluding hydrogens is 671 g/mol. The number of ketones is 1. The minimum atomic E-state index is -0.337. The molecular formula is C36H50IrNO2-. The number of aliphatic hydroxyl groups is 1. The van der Waals surface area contributed by atoms with Gasteiger partial charge in [-0.15, -0.1) is 34.9 Å². The molecule has 3 nitrogen and oxygen atoms in total. The van der Waals surface area contributed by atoms with Crippen LogP contribution in [0.1, 0.15) is 110 Å². The second kappa shape index (κ2) is 15.6. The van der Waals surface area contributed by atoms with Crippen LogP contribution in [0.2, 0.25) is 0 Å². The van der Waals surface area contributed by atoms with Crippen LogP contribution < -0.4 is 0 Å². The maximum absolute atomic E-state index is 12.2. The molecule has 3 aromatic rings. The van der Waals surface area contributed by atoms with Gasteiger partial charge in [0, 0.05) is 42.4 Å².